The molecule has 2 amide bonds. The van der Waals surface area contributed by atoms with Crippen LogP contribution in [-0.4, -0.2) is 34.4 Å². The summed E-state index contributed by atoms with van der Waals surface area (Å²) in [5.41, 5.74) is 2.71. The van der Waals surface area contributed by atoms with E-state index in [2.05, 4.69) is 5.32 Å². The van der Waals surface area contributed by atoms with Gasteiger partial charge in [-0.2, -0.15) is 0 Å². The van der Waals surface area contributed by atoms with Crippen LogP contribution in [0, 0.1) is 11.7 Å². The van der Waals surface area contributed by atoms with E-state index in [-0.39, 0.29) is 30.1 Å². The third-order valence-corrected chi connectivity index (χ3v) is 5.62. The zero-order valence-corrected chi connectivity index (χ0v) is 16.4. The molecule has 29 heavy (non-hydrogen) atoms. The van der Waals surface area contributed by atoms with Gasteiger partial charge < -0.3 is 19.2 Å². The number of carbonyl (C=O) groups excluding carboxylic acids is 2. The van der Waals surface area contributed by atoms with Gasteiger partial charge in [0, 0.05) is 49.8 Å². The molecule has 0 saturated carbocycles. The van der Waals surface area contributed by atoms with Crippen LogP contribution in [0.3, 0.4) is 0 Å². The molecule has 1 aliphatic heterocycles. The lowest BCUT2D eigenvalue weighted by Crippen LogP contribution is -2.43. The smallest absolute Gasteiger partial charge is 0.270 e. The number of aryl methyl sites for hydroxylation is 1. The first kappa shape index (κ1) is 19.2. The molecular formula is C22H24FN3O3. The lowest BCUT2D eigenvalue weighted by atomic mass is 9.95. The number of rotatable bonds is 5. The Morgan fingerprint density at radius 2 is 1.97 bits per heavy atom. The summed E-state index contributed by atoms with van der Waals surface area (Å²) in [5.74, 6) is -0.615. The standard InChI is InChI=1S/C22H24FN3O3/c1-2-26-18-9-12-29-20(18)13-19(26)22(28)25-10-7-15(8-11-25)21(27)24-14-16-5-3-4-6-17(16)23/h3-6,9,12-13,15H,2,7-8,10-11,14H2,1H3,(H,24,27). The highest BCUT2D eigenvalue weighted by molar-refractivity contribution is 5.97. The predicted molar refractivity (Wildman–Crippen MR) is 107 cm³/mol. The van der Waals surface area contributed by atoms with E-state index in [9.17, 15) is 14.0 Å². The Bertz CT molecular complexity index is 1030. The first-order valence-electron chi connectivity index (χ1n) is 9.95. The number of carbonyl (C=O) groups is 2. The highest BCUT2D eigenvalue weighted by atomic mass is 19.1. The summed E-state index contributed by atoms with van der Waals surface area (Å²) in [5, 5.41) is 2.82. The Labute approximate surface area is 168 Å². The van der Waals surface area contributed by atoms with Gasteiger partial charge in [-0.3, -0.25) is 9.59 Å². The minimum Gasteiger partial charge on any atom is -0.463 e. The van der Waals surface area contributed by atoms with Gasteiger partial charge in [-0.15, -0.1) is 0 Å². The molecule has 0 spiro atoms. The molecule has 152 valence electrons. The average Bonchev–Trinajstić information content (AvgIpc) is 3.33. The molecule has 1 N–H and O–H groups in total. The van der Waals surface area contributed by atoms with Crippen molar-refractivity contribution in [3.8, 4) is 0 Å². The van der Waals surface area contributed by atoms with Crippen molar-refractivity contribution in [1.82, 2.24) is 14.8 Å². The van der Waals surface area contributed by atoms with Gasteiger partial charge in [0.2, 0.25) is 5.91 Å². The van der Waals surface area contributed by atoms with Crippen molar-refractivity contribution < 1.29 is 18.4 Å². The monoisotopic (exact) mass is 397 g/mol. The number of furan rings is 1. The third-order valence-electron chi connectivity index (χ3n) is 5.62. The Balaban J connectivity index is 1.35. The molecule has 4 rings (SSSR count). The maximum atomic E-state index is 13.7. The van der Waals surface area contributed by atoms with E-state index in [0.717, 1.165) is 5.52 Å². The zero-order chi connectivity index (χ0) is 20.4. The average molecular weight is 397 g/mol. The number of nitrogens with one attached hydrogen (secondary N) is 1. The van der Waals surface area contributed by atoms with Crippen LogP contribution < -0.4 is 5.32 Å². The molecule has 1 fully saturated rings. The molecule has 3 aromatic rings. The van der Waals surface area contributed by atoms with Gasteiger partial charge in [0.25, 0.3) is 5.91 Å². The van der Waals surface area contributed by atoms with E-state index in [4.69, 9.17) is 4.42 Å². The molecule has 2 aromatic heterocycles. The van der Waals surface area contributed by atoms with Crippen LogP contribution in [0.25, 0.3) is 11.1 Å². The molecule has 1 saturated heterocycles. The van der Waals surface area contributed by atoms with Crippen LogP contribution >= 0.6 is 0 Å². The lowest BCUT2D eigenvalue weighted by molar-refractivity contribution is -0.126. The number of halogens is 1. The first-order valence-corrected chi connectivity index (χ1v) is 9.95. The number of aromatic nitrogens is 1. The quantitative estimate of drug-likeness (QED) is 0.716. The fourth-order valence-corrected chi connectivity index (χ4v) is 3.97. The predicted octanol–water partition coefficient (Wildman–Crippen LogP) is 3.56. The second-order valence-electron chi connectivity index (χ2n) is 7.32. The van der Waals surface area contributed by atoms with E-state index in [1.807, 2.05) is 17.6 Å². The van der Waals surface area contributed by atoms with Crippen molar-refractivity contribution in [2.24, 2.45) is 5.92 Å². The topological polar surface area (TPSA) is 67.5 Å². The largest absolute Gasteiger partial charge is 0.463 e. The summed E-state index contributed by atoms with van der Waals surface area (Å²) in [6, 6.07) is 10.1. The molecule has 1 aromatic carbocycles. The number of nitrogens with zero attached hydrogens (tertiary/aromatic N) is 2. The first-order chi connectivity index (χ1) is 14.1. The van der Waals surface area contributed by atoms with Crippen molar-refractivity contribution in [2.75, 3.05) is 13.1 Å². The number of hydrogen-bond donors (Lipinski definition) is 1. The summed E-state index contributed by atoms with van der Waals surface area (Å²) in [7, 11) is 0. The summed E-state index contributed by atoms with van der Waals surface area (Å²) >= 11 is 0. The number of fused-ring (bicyclic) bond motifs is 1. The maximum Gasteiger partial charge on any atom is 0.270 e. The van der Waals surface area contributed by atoms with Crippen LogP contribution in [0.2, 0.25) is 0 Å². The lowest BCUT2D eigenvalue weighted by Gasteiger charge is -2.31. The normalized spacial score (nSPS) is 15.0. The molecule has 0 atom stereocenters. The van der Waals surface area contributed by atoms with Gasteiger partial charge in [-0.1, -0.05) is 18.2 Å². The fourth-order valence-electron chi connectivity index (χ4n) is 3.97. The summed E-state index contributed by atoms with van der Waals surface area (Å²) in [6.45, 7) is 3.89. The van der Waals surface area contributed by atoms with E-state index in [1.54, 1.807) is 35.4 Å². The number of hydrogen-bond acceptors (Lipinski definition) is 3. The van der Waals surface area contributed by atoms with Gasteiger partial charge in [0.1, 0.15) is 11.5 Å². The number of amides is 2. The SMILES string of the molecule is CCn1c(C(=O)N2CCC(C(=O)NCc3ccccc3F)CC2)cc2occc21. The van der Waals surface area contributed by atoms with E-state index >= 15 is 0 Å². The Kier molecular flexibility index (Phi) is 5.38. The second kappa shape index (κ2) is 8.11. The highest BCUT2D eigenvalue weighted by Gasteiger charge is 2.29. The van der Waals surface area contributed by atoms with E-state index in [0.29, 0.717) is 49.3 Å². The Morgan fingerprint density at radius 3 is 2.69 bits per heavy atom. The van der Waals surface area contributed by atoms with Crippen LogP contribution in [-0.2, 0) is 17.9 Å². The van der Waals surface area contributed by atoms with E-state index in [1.165, 1.54) is 6.07 Å². The molecule has 3 heterocycles. The van der Waals surface area contributed by atoms with Crippen LogP contribution in [0.15, 0.2) is 47.1 Å². The molecule has 0 bridgehead atoms. The summed E-state index contributed by atoms with van der Waals surface area (Å²) in [6.07, 6.45) is 2.81. The van der Waals surface area contributed by atoms with Crippen molar-refractivity contribution in [3.05, 3.63) is 59.7 Å². The summed E-state index contributed by atoms with van der Waals surface area (Å²) < 4.78 is 21.1. The number of likely N-dealkylation sites (tertiary alicyclic amines) is 1. The molecule has 0 unspecified atom stereocenters. The zero-order valence-electron chi connectivity index (χ0n) is 16.4. The van der Waals surface area contributed by atoms with Crippen LogP contribution in [0.1, 0.15) is 35.8 Å². The van der Waals surface area contributed by atoms with Gasteiger partial charge in [0.15, 0.2) is 5.58 Å². The van der Waals surface area contributed by atoms with Gasteiger partial charge >= 0.3 is 0 Å². The second-order valence-corrected chi connectivity index (χ2v) is 7.32. The molecule has 7 heteroatoms. The molecular weight excluding hydrogens is 373 g/mol. The Hall–Kier alpha value is -3.09. The van der Waals surface area contributed by atoms with Crippen molar-refractivity contribution >= 4 is 22.9 Å². The van der Waals surface area contributed by atoms with Gasteiger partial charge in [0.05, 0.1) is 11.8 Å². The Morgan fingerprint density at radius 1 is 1.21 bits per heavy atom. The van der Waals surface area contributed by atoms with Gasteiger partial charge in [-0.05, 0) is 25.8 Å². The van der Waals surface area contributed by atoms with Crippen molar-refractivity contribution in [1.29, 1.82) is 0 Å². The fraction of sp³-hybridized carbons (Fsp3) is 0.364. The number of benzene rings is 1. The van der Waals surface area contributed by atoms with Crippen LogP contribution in [0.5, 0.6) is 0 Å². The highest BCUT2D eigenvalue weighted by Crippen LogP contribution is 2.24. The minimum atomic E-state index is -0.321. The maximum absolute atomic E-state index is 13.7. The van der Waals surface area contributed by atoms with Crippen molar-refractivity contribution in [3.63, 3.8) is 0 Å². The van der Waals surface area contributed by atoms with E-state index < -0.39 is 0 Å². The molecule has 1 aliphatic rings. The minimum absolute atomic E-state index is 0.0385. The van der Waals surface area contributed by atoms with Crippen molar-refractivity contribution in [2.45, 2.75) is 32.9 Å². The van der Waals surface area contributed by atoms with Crippen LogP contribution in [0.4, 0.5) is 4.39 Å². The van der Waals surface area contributed by atoms with Gasteiger partial charge in [-0.25, -0.2) is 4.39 Å². The number of piperidine rings is 1. The molecule has 0 aliphatic carbocycles. The third kappa shape index (κ3) is 3.77. The molecule has 6 nitrogen and oxygen atoms in total. The molecule has 0 radical (unpaired) electrons. The summed E-state index contributed by atoms with van der Waals surface area (Å²) in [4.78, 5) is 27.2.